The summed E-state index contributed by atoms with van der Waals surface area (Å²) in [5, 5.41) is 10.7. The Balaban J connectivity index is 2.62. The Labute approximate surface area is 175 Å². The van der Waals surface area contributed by atoms with Gasteiger partial charge in [-0.1, -0.05) is 13.0 Å². The number of aliphatic hydroxyl groups is 1. The Morgan fingerprint density at radius 1 is 1.33 bits per heavy atom. The number of ether oxygens (including phenoxy) is 3. The number of esters is 3. The van der Waals surface area contributed by atoms with E-state index < -0.39 is 35.5 Å². The summed E-state index contributed by atoms with van der Waals surface area (Å²) in [6.45, 7) is 7.31. The van der Waals surface area contributed by atoms with Gasteiger partial charge in [0, 0.05) is 30.4 Å². The Hall–Kier alpha value is -2.74. The van der Waals surface area contributed by atoms with Gasteiger partial charge < -0.3 is 19.3 Å². The molecule has 0 aromatic rings. The van der Waals surface area contributed by atoms with E-state index >= 15 is 0 Å². The highest BCUT2D eigenvalue weighted by Gasteiger charge is 2.40. The van der Waals surface area contributed by atoms with Gasteiger partial charge in [0.1, 0.15) is 24.3 Å². The Bertz CT molecular complexity index is 843. The first kappa shape index (κ1) is 23.5. The summed E-state index contributed by atoms with van der Waals surface area (Å²) >= 11 is 0. The van der Waals surface area contributed by atoms with Crippen LogP contribution >= 0.6 is 0 Å². The fraction of sp³-hybridized carbons (Fsp3) is 0.545. The van der Waals surface area contributed by atoms with Gasteiger partial charge in [-0.05, 0) is 39.7 Å². The van der Waals surface area contributed by atoms with Crippen molar-refractivity contribution in [2.75, 3.05) is 6.61 Å². The number of hydrogen-bond acceptors (Lipinski definition) is 8. The van der Waals surface area contributed by atoms with Crippen LogP contribution in [0.15, 0.2) is 34.6 Å². The van der Waals surface area contributed by atoms with E-state index in [1.54, 1.807) is 26.8 Å². The lowest BCUT2D eigenvalue weighted by molar-refractivity contribution is -0.144. The molecule has 8 nitrogen and oxygen atoms in total. The normalized spacial score (nSPS) is 29.5. The molecule has 3 atom stereocenters. The third-order valence-corrected chi connectivity index (χ3v) is 5.22. The average Bonchev–Trinajstić information content (AvgIpc) is 2.96. The number of carbonyl (C=O) groups is 4. The molecule has 0 saturated heterocycles. The van der Waals surface area contributed by atoms with Crippen molar-refractivity contribution >= 4 is 23.7 Å². The molecule has 0 bridgehead atoms. The smallest absolute Gasteiger partial charge is 0.343 e. The summed E-state index contributed by atoms with van der Waals surface area (Å²) in [7, 11) is 0. The van der Waals surface area contributed by atoms with Crippen molar-refractivity contribution in [1.82, 2.24) is 0 Å². The Morgan fingerprint density at radius 3 is 2.60 bits per heavy atom. The number of carbonyl (C=O) groups excluding carboxylic acids is 4. The standard InChI is InChI=1S/C22H28O8/c1-6-12(2)20(25)29-17-9-13(3)16(24)7-8-22(5,27)10-18-19(17)15(21(26)30-18)11-28-14(4)23/h6,10,13,17,27H,7-9,11H2,1-5H3/b12-6+,18-10-/t13-,17+,22+/m1/s1. The molecule has 0 aromatic carbocycles. The van der Waals surface area contributed by atoms with E-state index in [0.717, 1.165) is 0 Å². The molecule has 0 unspecified atom stereocenters. The maximum Gasteiger partial charge on any atom is 0.343 e. The van der Waals surface area contributed by atoms with Crippen molar-refractivity contribution in [3.05, 3.63) is 34.6 Å². The van der Waals surface area contributed by atoms with Crippen molar-refractivity contribution < 1.29 is 38.5 Å². The molecule has 0 radical (unpaired) electrons. The Kier molecular flexibility index (Phi) is 7.36. The molecule has 1 aliphatic carbocycles. The second kappa shape index (κ2) is 9.38. The molecule has 1 aliphatic heterocycles. The van der Waals surface area contributed by atoms with E-state index in [4.69, 9.17) is 14.2 Å². The van der Waals surface area contributed by atoms with E-state index in [-0.39, 0.29) is 48.6 Å². The highest BCUT2D eigenvalue weighted by atomic mass is 16.6. The molecule has 30 heavy (non-hydrogen) atoms. The fourth-order valence-electron chi connectivity index (χ4n) is 3.24. The molecular weight excluding hydrogens is 392 g/mol. The molecule has 0 saturated carbocycles. The van der Waals surface area contributed by atoms with Gasteiger partial charge in [-0.25, -0.2) is 9.59 Å². The molecule has 8 heteroatoms. The van der Waals surface area contributed by atoms with Crippen LogP contribution in [0, 0.1) is 5.92 Å². The third-order valence-electron chi connectivity index (χ3n) is 5.22. The lowest BCUT2D eigenvalue weighted by Gasteiger charge is -2.27. The minimum absolute atomic E-state index is 0.0170. The fourth-order valence-corrected chi connectivity index (χ4v) is 3.24. The second-order valence-corrected chi connectivity index (χ2v) is 7.90. The van der Waals surface area contributed by atoms with Gasteiger partial charge in [-0.2, -0.15) is 0 Å². The van der Waals surface area contributed by atoms with Gasteiger partial charge >= 0.3 is 17.9 Å². The van der Waals surface area contributed by atoms with Gasteiger partial charge in [0.05, 0.1) is 11.2 Å². The number of rotatable bonds is 4. The highest BCUT2D eigenvalue weighted by Crippen LogP contribution is 2.37. The molecule has 1 heterocycles. The first-order valence-electron chi connectivity index (χ1n) is 9.86. The van der Waals surface area contributed by atoms with E-state index in [0.29, 0.717) is 5.57 Å². The van der Waals surface area contributed by atoms with Gasteiger partial charge in [0.15, 0.2) is 0 Å². The predicted molar refractivity (Wildman–Crippen MR) is 106 cm³/mol. The predicted octanol–water partition coefficient (Wildman–Crippen LogP) is 2.30. The number of hydrogen-bond donors (Lipinski definition) is 1. The van der Waals surface area contributed by atoms with Crippen LogP contribution in [0.2, 0.25) is 0 Å². The third kappa shape index (κ3) is 5.66. The molecule has 0 spiro atoms. The lowest BCUT2D eigenvalue weighted by atomic mass is 9.85. The van der Waals surface area contributed by atoms with Crippen molar-refractivity contribution in [1.29, 1.82) is 0 Å². The first-order valence-corrected chi connectivity index (χ1v) is 9.86. The topological polar surface area (TPSA) is 116 Å². The van der Waals surface area contributed by atoms with Gasteiger partial charge in [0.2, 0.25) is 0 Å². The summed E-state index contributed by atoms with van der Waals surface area (Å²) in [6.07, 6.45) is 2.32. The van der Waals surface area contributed by atoms with Crippen LogP contribution < -0.4 is 0 Å². The lowest BCUT2D eigenvalue weighted by Crippen LogP contribution is -2.31. The number of ketones is 1. The molecule has 1 N–H and O–H groups in total. The van der Waals surface area contributed by atoms with Crippen LogP contribution in [0.1, 0.15) is 53.9 Å². The van der Waals surface area contributed by atoms with Crippen molar-refractivity contribution in [3.8, 4) is 0 Å². The van der Waals surface area contributed by atoms with Gasteiger partial charge in [-0.3, -0.25) is 9.59 Å². The van der Waals surface area contributed by atoms with Crippen molar-refractivity contribution in [3.63, 3.8) is 0 Å². The van der Waals surface area contributed by atoms with Crippen LogP contribution in [0.25, 0.3) is 0 Å². The average molecular weight is 420 g/mol. The van der Waals surface area contributed by atoms with Crippen LogP contribution in [0.3, 0.4) is 0 Å². The first-order chi connectivity index (χ1) is 13.9. The Morgan fingerprint density at radius 2 is 2.00 bits per heavy atom. The summed E-state index contributed by atoms with van der Waals surface area (Å²) in [4.78, 5) is 48.8. The monoisotopic (exact) mass is 420 g/mol. The summed E-state index contributed by atoms with van der Waals surface area (Å²) in [5.41, 5.74) is -0.849. The molecular formula is C22H28O8. The van der Waals surface area contributed by atoms with Crippen molar-refractivity contribution in [2.24, 2.45) is 5.92 Å². The molecule has 0 amide bonds. The zero-order valence-electron chi connectivity index (χ0n) is 17.9. The zero-order chi connectivity index (χ0) is 22.6. The highest BCUT2D eigenvalue weighted by molar-refractivity contribution is 5.96. The number of allylic oxidation sites excluding steroid dienone is 1. The van der Waals surface area contributed by atoms with Crippen molar-refractivity contribution in [2.45, 2.75) is 65.6 Å². The minimum atomic E-state index is -1.43. The largest absolute Gasteiger partial charge is 0.461 e. The van der Waals surface area contributed by atoms with E-state index in [1.165, 1.54) is 19.9 Å². The van der Waals surface area contributed by atoms with Crippen LogP contribution in [0.5, 0.6) is 0 Å². The van der Waals surface area contributed by atoms with Crippen LogP contribution in [0.4, 0.5) is 0 Å². The van der Waals surface area contributed by atoms with Crippen LogP contribution in [-0.4, -0.2) is 47.1 Å². The van der Waals surface area contributed by atoms with E-state index in [1.807, 2.05) is 0 Å². The summed E-state index contributed by atoms with van der Waals surface area (Å²) < 4.78 is 16.0. The SMILES string of the molecule is C/C=C(\C)C(=O)O[C@H]1C[C@@H](C)C(=O)CC[C@](C)(O)/C=C2\OC(=O)C(COC(C)=O)=C21. The van der Waals surface area contributed by atoms with E-state index in [9.17, 15) is 24.3 Å². The van der Waals surface area contributed by atoms with Gasteiger partial charge in [0.25, 0.3) is 0 Å². The van der Waals surface area contributed by atoms with E-state index in [2.05, 4.69) is 0 Å². The molecule has 2 rings (SSSR count). The quantitative estimate of drug-likeness (QED) is 0.418. The number of fused-ring (bicyclic) bond motifs is 1. The minimum Gasteiger partial charge on any atom is -0.461 e. The summed E-state index contributed by atoms with van der Waals surface area (Å²) in [5.74, 6) is -2.50. The molecule has 164 valence electrons. The molecule has 2 aliphatic rings. The molecule has 0 aromatic heterocycles. The maximum absolute atomic E-state index is 12.5. The van der Waals surface area contributed by atoms with Gasteiger partial charge in [-0.15, -0.1) is 0 Å². The van der Waals surface area contributed by atoms with Crippen LogP contribution in [-0.2, 0) is 33.4 Å². The zero-order valence-corrected chi connectivity index (χ0v) is 17.9. The second-order valence-electron chi connectivity index (χ2n) is 7.90. The number of Topliss-reactive ketones (excluding diaryl/α,β-unsaturated/α-hetero) is 1. The summed E-state index contributed by atoms with van der Waals surface area (Å²) in [6, 6.07) is 0. The molecule has 0 fully saturated rings. The maximum atomic E-state index is 12.5.